The van der Waals surface area contributed by atoms with Gasteiger partial charge in [0.05, 0.1) is 5.56 Å². The third kappa shape index (κ3) is 2.48. The molecule has 0 radical (unpaired) electrons. The fourth-order valence-electron chi connectivity index (χ4n) is 1.49. The zero-order valence-electron chi connectivity index (χ0n) is 10.2. The van der Waals surface area contributed by atoms with Gasteiger partial charge in [-0.25, -0.2) is 4.98 Å². The van der Waals surface area contributed by atoms with Crippen LogP contribution in [-0.4, -0.2) is 22.5 Å². The second-order valence-electron chi connectivity index (χ2n) is 3.76. The number of aryl methyl sites for hydroxylation is 1. The molecule has 1 amide bonds. The molecule has 2 rings (SSSR count). The number of nitrogens with zero attached hydrogens (tertiary/aromatic N) is 2. The predicted octanol–water partition coefficient (Wildman–Crippen LogP) is 1.51. The van der Waals surface area contributed by atoms with Gasteiger partial charge in [-0.15, -0.1) is 0 Å². The van der Waals surface area contributed by atoms with E-state index in [1.807, 2.05) is 17.8 Å². The number of carbonyl (C=O) groups excluding carboxylic acids is 1. The Morgan fingerprint density at radius 2 is 2.28 bits per heavy atom. The van der Waals surface area contributed by atoms with Gasteiger partial charge in [0.1, 0.15) is 0 Å². The normalized spacial score (nSPS) is 10.3. The Morgan fingerprint density at radius 3 is 2.89 bits per heavy atom. The maximum Gasteiger partial charge on any atom is 0.252 e. The molecule has 18 heavy (non-hydrogen) atoms. The molecule has 1 aromatic carbocycles. The summed E-state index contributed by atoms with van der Waals surface area (Å²) >= 11 is 1.42. The molecule has 0 fully saturated rings. The molecule has 0 bridgehead atoms. The highest BCUT2D eigenvalue weighted by atomic mass is 32.2. The molecule has 0 atom stereocenters. The highest BCUT2D eigenvalue weighted by Gasteiger charge is 2.13. The number of nitrogen functional groups attached to an aromatic ring is 1. The van der Waals surface area contributed by atoms with Crippen molar-refractivity contribution in [2.75, 3.05) is 12.8 Å². The van der Waals surface area contributed by atoms with Gasteiger partial charge in [0.25, 0.3) is 5.91 Å². The number of nitrogens with two attached hydrogens (primary N) is 1. The molecule has 2 aromatic rings. The molecule has 1 heterocycles. The number of nitrogens with one attached hydrogen (secondary N) is 1. The molecule has 94 valence electrons. The van der Waals surface area contributed by atoms with E-state index in [0.717, 1.165) is 10.1 Å². The molecule has 0 aliphatic rings. The average molecular weight is 262 g/mol. The summed E-state index contributed by atoms with van der Waals surface area (Å²) in [6, 6.07) is 5.22. The van der Waals surface area contributed by atoms with E-state index in [-0.39, 0.29) is 5.91 Å². The number of rotatable bonds is 3. The van der Waals surface area contributed by atoms with Gasteiger partial charge < -0.3 is 15.6 Å². The Labute approximate surface area is 109 Å². The van der Waals surface area contributed by atoms with Crippen molar-refractivity contribution < 1.29 is 4.79 Å². The van der Waals surface area contributed by atoms with E-state index in [1.165, 1.54) is 11.8 Å². The minimum absolute atomic E-state index is 0.133. The standard InChI is InChI=1S/C12H14N4OS/c1-14-11(17)9-4-3-8(13)7-10(9)18-12-15-5-6-16(12)2/h3-7H,13H2,1-2H3,(H,14,17). The van der Waals surface area contributed by atoms with Crippen molar-refractivity contribution in [3.63, 3.8) is 0 Å². The van der Waals surface area contributed by atoms with Crippen LogP contribution in [0.2, 0.25) is 0 Å². The van der Waals surface area contributed by atoms with Gasteiger partial charge in [0, 0.05) is 37.1 Å². The van der Waals surface area contributed by atoms with E-state index in [9.17, 15) is 4.79 Å². The average Bonchev–Trinajstić information content (AvgIpc) is 2.74. The molecule has 5 nitrogen and oxygen atoms in total. The monoisotopic (exact) mass is 262 g/mol. The molecule has 6 heteroatoms. The van der Waals surface area contributed by atoms with Crippen molar-refractivity contribution in [1.82, 2.24) is 14.9 Å². The molecule has 0 spiro atoms. The van der Waals surface area contributed by atoms with Gasteiger partial charge in [-0.2, -0.15) is 0 Å². The second-order valence-corrected chi connectivity index (χ2v) is 4.77. The van der Waals surface area contributed by atoms with Crippen molar-refractivity contribution in [3.05, 3.63) is 36.2 Å². The van der Waals surface area contributed by atoms with Crippen LogP contribution < -0.4 is 11.1 Å². The topological polar surface area (TPSA) is 72.9 Å². The quantitative estimate of drug-likeness (QED) is 0.822. The van der Waals surface area contributed by atoms with Gasteiger partial charge in [-0.05, 0) is 18.2 Å². The van der Waals surface area contributed by atoms with Crippen LogP contribution in [0.15, 0.2) is 40.6 Å². The van der Waals surface area contributed by atoms with E-state index in [2.05, 4.69) is 10.3 Å². The zero-order chi connectivity index (χ0) is 13.1. The number of hydrogen-bond acceptors (Lipinski definition) is 4. The van der Waals surface area contributed by atoms with Crippen molar-refractivity contribution in [2.45, 2.75) is 10.1 Å². The van der Waals surface area contributed by atoms with Crippen LogP contribution >= 0.6 is 11.8 Å². The first kappa shape index (κ1) is 12.5. The summed E-state index contributed by atoms with van der Waals surface area (Å²) in [6.07, 6.45) is 3.57. The van der Waals surface area contributed by atoms with E-state index < -0.39 is 0 Å². The number of amides is 1. The van der Waals surface area contributed by atoms with E-state index in [1.54, 1.807) is 31.4 Å². The molecule has 0 aliphatic heterocycles. The van der Waals surface area contributed by atoms with Gasteiger partial charge in [-0.1, -0.05) is 11.8 Å². The van der Waals surface area contributed by atoms with Crippen molar-refractivity contribution >= 4 is 23.4 Å². The highest BCUT2D eigenvalue weighted by molar-refractivity contribution is 7.99. The number of carbonyl (C=O) groups is 1. The SMILES string of the molecule is CNC(=O)c1ccc(N)cc1Sc1nccn1C. The lowest BCUT2D eigenvalue weighted by Crippen LogP contribution is -2.18. The lowest BCUT2D eigenvalue weighted by Gasteiger charge is -2.08. The lowest BCUT2D eigenvalue weighted by molar-refractivity contribution is 0.0960. The van der Waals surface area contributed by atoms with Crippen molar-refractivity contribution in [3.8, 4) is 0 Å². The highest BCUT2D eigenvalue weighted by Crippen LogP contribution is 2.30. The molecule has 0 saturated carbocycles. The van der Waals surface area contributed by atoms with Crippen LogP contribution in [0.5, 0.6) is 0 Å². The minimum Gasteiger partial charge on any atom is -0.399 e. The van der Waals surface area contributed by atoms with Gasteiger partial charge in [0.2, 0.25) is 0 Å². The van der Waals surface area contributed by atoms with Crippen LogP contribution in [0.3, 0.4) is 0 Å². The van der Waals surface area contributed by atoms with Crippen LogP contribution in [0.25, 0.3) is 0 Å². The molecule has 0 saturated heterocycles. The summed E-state index contributed by atoms with van der Waals surface area (Å²) in [5, 5.41) is 3.43. The summed E-state index contributed by atoms with van der Waals surface area (Å²) in [6.45, 7) is 0. The van der Waals surface area contributed by atoms with Crippen LogP contribution in [-0.2, 0) is 7.05 Å². The van der Waals surface area contributed by atoms with Crippen LogP contribution in [0.4, 0.5) is 5.69 Å². The Morgan fingerprint density at radius 1 is 1.50 bits per heavy atom. The summed E-state index contributed by atoms with van der Waals surface area (Å²) < 4.78 is 1.89. The van der Waals surface area contributed by atoms with Crippen molar-refractivity contribution in [1.29, 1.82) is 0 Å². The van der Waals surface area contributed by atoms with Crippen molar-refractivity contribution in [2.24, 2.45) is 7.05 Å². The van der Waals surface area contributed by atoms with E-state index >= 15 is 0 Å². The molecule has 3 N–H and O–H groups in total. The third-order valence-electron chi connectivity index (χ3n) is 2.46. The lowest BCUT2D eigenvalue weighted by atomic mass is 10.2. The van der Waals surface area contributed by atoms with Crippen LogP contribution in [0.1, 0.15) is 10.4 Å². The predicted molar refractivity (Wildman–Crippen MR) is 71.6 cm³/mol. The van der Waals surface area contributed by atoms with Crippen LogP contribution in [0, 0.1) is 0 Å². The number of hydrogen-bond donors (Lipinski definition) is 2. The second kappa shape index (κ2) is 5.14. The van der Waals surface area contributed by atoms with Gasteiger partial charge in [-0.3, -0.25) is 4.79 Å². The Bertz CT molecular complexity index is 579. The molecule has 0 unspecified atom stereocenters. The molecule has 1 aromatic heterocycles. The number of aromatic nitrogens is 2. The first-order valence-electron chi connectivity index (χ1n) is 5.38. The molecule has 0 aliphatic carbocycles. The van der Waals surface area contributed by atoms with E-state index in [0.29, 0.717) is 11.3 Å². The number of anilines is 1. The fraction of sp³-hybridized carbons (Fsp3) is 0.167. The van der Waals surface area contributed by atoms with E-state index in [4.69, 9.17) is 5.73 Å². The summed E-state index contributed by atoms with van der Waals surface area (Å²) in [4.78, 5) is 16.8. The smallest absolute Gasteiger partial charge is 0.252 e. The summed E-state index contributed by atoms with van der Waals surface area (Å²) in [7, 11) is 3.51. The molecular formula is C12H14N4OS. The summed E-state index contributed by atoms with van der Waals surface area (Å²) in [5.41, 5.74) is 6.99. The fourth-order valence-corrected chi connectivity index (χ4v) is 2.48. The largest absolute Gasteiger partial charge is 0.399 e. The maximum atomic E-state index is 11.8. The Balaban J connectivity index is 2.39. The zero-order valence-corrected chi connectivity index (χ0v) is 11.0. The molecular weight excluding hydrogens is 248 g/mol. The number of benzene rings is 1. The Kier molecular flexibility index (Phi) is 3.57. The maximum absolute atomic E-state index is 11.8. The summed E-state index contributed by atoms with van der Waals surface area (Å²) in [5.74, 6) is -0.133. The Hall–Kier alpha value is -1.95. The minimum atomic E-state index is -0.133. The third-order valence-corrected chi connectivity index (χ3v) is 3.59. The first-order valence-corrected chi connectivity index (χ1v) is 6.20. The van der Waals surface area contributed by atoms with Gasteiger partial charge in [0.15, 0.2) is 5.16 Å². The number of imidazole rings is 1. The first-order chi connectivity index (χ1) is 8.61. The van der Waals surface area contributed by atoms with Gasteiger partial charge >= 0.3 is 0 Å².